The Labute approximate surface area is 148 Å². The fourth-order valence-electron chi connectivity index (χ4n) is 3.49. The van der Waals surface area contributed by atoms with Gasteiger partial charge in [0.15, 0.2) is 0 Å². The molecule has 2 aromatic rings. The van der Waals surface area contributed by atoms with Crippen LogP contribution in [0.3, 0.4) is 0 Å². The first-order valence-corrected chi connectivity index (χ1v) is 9.00. The minimum atomic E-state index is -0.0866. The van der Waals surface area contributed by atoms with Crippen molar-refractivity contribution in [2.24, 2.45) is 11.8 Å². The molecule has 1 aliphatic rings. The molecule has 0 spiro atoms. The normalized spacial score (nSPS) is 19.2. The number of rotatable bonds is 5. The largest absolute Gasteiger partial charge is 0.342 e. The third-order valence-corrected chi connectivity index (χ3v) is 4.88. The van der Waals surface area contributed by atoms with Crippen LogP contribution in [0.1, 0.15) is 25.3 Å². The molecule has 2 heterocycles. The Hall–Kier alpha value is -1.81. The number of carbonyl (C=O) groups is 1. The molecule has 0 bridgehead atoms. The summed E-state index contributed by atoms with van der Waals surface area (Å²) in [6.07, 6.45) is 6.70. The number of carbonyl (C=O) groups excluding carboxylic acids is 1. The van der Waals surface area contributed by atoms with E-state index in [0.29, 0.717) is 17.5 Å². The Morgan fingerprint density at radius 3 is 2.88 bits per heavy atom. The quantitative estimate of drug-likeness (QED) is 0.829. The van der Waals surface area contributed by atoms with Gasteiger partial charge in [-0.25, -0.2) is 0 Å². The number of aromatic nitrogens is 2. The Morgan fingerprint density at radius 1 is 1.38 bits per heavy atom. The summed E-state index contributed by atoms with van der Waals surface area (Å²) in [7, 11) is 0. The van der Waals surface area contributed by atoms with Crippen LogP contribution in [0.4, 0.5) is 0 Å². The van der Waals surface area contributed by atoms with Crippen LogP contribution in [-0.2, 0) is 17.8 Å². The summed E-state index contributed by atoms with van der Waals surface area (Å²) in [5, 5.41) is 4.78. The van der Waals surface area contributed by atoms with Crippen LogP contribution in [0.25, 0.3) is 0 Å². The van der Waals surface area contributed by atoms with Gasteiger partial charge < -0.3 is 4.90 Å². The van der Waals surface area contributed by atoms with Crippen molar-refractivity contribution in [2.45, 2.75) is 32.7 Å². The van der Waals surface area contributed by atoms with Gasteiger partial charge in [0.1, 0.15) is 0 Å². The highest BCUT2D eigenvalue weighted by molar-refractivity contribution is 6.30. The van der Waals surface area contributed by atoms with Crippen molar-refractivity contribution in [1.29, 1.82) is 0 Å². The molecule has 1 aromatic carbocycles. The van der Waals surface area contributed by atoms with E-state index in [1.165, 1.54) is 12.0 Å². The summed E-state index contributed by atoms with van der Waals surface area (Å²) in [6.45, 7) is 4.27. The smallest absolute Gasteiger partial charge is 0.227 e. The maximum Gasteiger partial charge on any atom is 0.227 e. The Kier molecular flexibility index (Phi) is 5.56. The van der Waals surface area contributed by atoms with Gasteiger partial charge in [-0.1, -0.05) is 48.9 Å². The number of halogens is 1. The molecule has 0 N–H and O–H groups in total. The van der Waals surface area contributed by atoms with Crippen LogP contribution < -0.4 is 0 Å². The molecular formula is C19H24ClN3O. The molecule has 128 valence electrons. The number of amides is 1. The lowest BCUT2D eigenvalue weighted by molar-refractivity contribution is -0.137. The number of piperidine rings is 1. The van der Waals surface area contributed by atoms with Crippen LogP contribution in [-0.4, -0.2) is 33.7 Å². The predicted octanol–water partition coefficient (Wildman–Crippen LogP) is 3.65. The van der Waals surface area contributed by atoms with Crippen molar-refractivity contribution in [3.05, 3.63) is 53.3 Å². The highest BCUT2D eigenvalue weighted by Gasteiger charge is 2.27. The standard InChI is InChI=1S/C19H24ClN3O/c1-15(12-23-14-18(20)11-21-23)19(24)22-9-5-8-17(13-22)10-16-6-3-2-4-7-16/h2-4,6-7,11,14-15,17H,5,8-10,12-13H2,1H3/t15-,17+/m1/s1. The number of likely N-dealkylation sites (tertiary alicyclic amines) is 1. The van der Waals surface area contributed by atoms with Gasteiger partial charge in [-0.05, 0) is 30.7 Å². The number of nitrogens with zero attached hydrogens (tertiary/aromatic N) is 3. The van der Waals surface area contributed by atoms with E-state index in [1.54, 1.807) is 17.1 Å². The van der Waals surface area contributed by atoms with Crippen LogP contribution in [0.15, 0.2) is 42.7 Å². The zero-order valence-electron chi connectivity index (χ0n) is 14.1. The first-order chi connectivity index (χ1) is 11.6. The molecule has 2 atom stereocenters. The number of benzene rings is 1. The van der Waals surface area contributed by atoms with Crippen molar-refractivity contribution >= 4 is 17.5 Å². The topological polar surface area (TPSA) is 38.1 Å². The van der Waals surface area contributed by atoms with Gasteiger partial charge in [-0.15, -0.1) is 0 Å². The van der Waals surface area contributed by atoms with Gasteiger partial charge in [0.2, 0.25) is 5.91 Å². The van der Waals surface area contributed by atoms with Gasteiger partial charge in [0.25, 0.3) is 0 Å². The van der Waals surface area contributed by atoms with Crippen molar-refractivity contribution < 1.29 is 4.79 Å². The van der Waals surface area contributed by atoms with Crippen LogP contribution in [0.5, 0.6) is 0 Å². The van der Waals surface area contributed by atoms with Crippen molar-refractivity contribution in [1.82, 2.24) is 14.7 Å². The second kappa shape index (κ2) is 7.84. The van der Waals surface area contributed by atoms with E-state index in [9.17, 15) is 4.79 Å². The maximum atomic E-state index is 12.8. The summed E-state index contributed by atoms with van der Waals surface area (Å²) in [4.78, 5) is 14.8. The second-order valence-corrected chi connectivity index (χ2v) is 7.20. The van der Waals surface area contributed by atoms with E-state index in [1.807, 2.05) is 17.9 Å². The minimum Gasteiger partial charge on any atom is -0.342 e. The van der Waals surface area contributed by atoms with E-state index in [-0.39, 0.29) is 11.8 Å². The van der Waals surface area contributed by atoms with E-state index >= 15 is 0 Å². The van der Waals surface area contributed by atoms with Crippen molar-refractivity contribution in [2.75, 3.05) is 13.1 Å². The average molecular weight is 346 g/mol. The van der Waals surface area contributed by atoms with Crippen LogP contribution in [0, 0.1) is 11.8 Å². The lowest BCUT2D eigenvalue weighted by atomic mass is 9.90. The Morgan fingerprint density at radius 2 is 2.17 bits per heavy atom. The second-order valence-electron chi connectivity index (χ2n) is 6.76. The highest BCUT2D eigenvalue weighted by Crippen LogP contribution is 2.22. The molecule has 0 unspecified atom stereocenters. The van der Waals surface area contributed by atoms with Gasteiger partial charge in [0.05, 0.1) is 23.7 Å². The molecule has 24 heavy (non-hydrogen) atoms. The summed E-state index contributed by atoms with van der Waals surface area (Å²) < 4.78 is 1.75. The zero-order chi connectivity index (χ0) is 16.9. The molecule has 3 rings (SSSR count). The maximum absolute atomic E-state index is 12.8. The minimum absolute atomic E-state index is 0.0866. The number of hydrogen-bond acceptors (Lipinski definition) is 2. The van der Waals surface area contributed by atoms with Crippen LogP contribution >= 0.6 is 11.6 Å². The molecular weight excluding hydrogens is 322 g/mol. The molecule has 0 aliphatic carbocycles. The third-order valence-electron chi connectivity index (χ3n) is 4.68. The molecule has 1 saturated heterocycles. The Balaban J connectivity index is 1.56. The number of hydrogen-bond donors (Lipinski definition) is 0. The molecule has 5 heteroatoms. The summed E-state index contributed by atoms with van der Waals surface area (Å²) in [5.74, 6) is 0.687. The van der Waals surface area contributed by atoms with Crippen molar-refractivity contribution in [3.8, 4) is 0 Å². The van der Waals surface area contributed by atoms with Gasteiger partial charge >= 0.3 is 0 Å². The van der Waals surface area contributed by atoms with E-state index in [2.05, 4.69) is 29.4 Å². The molecule has 1 aliphatic heterocycles. The molecule has 1 aromatic heterocycles. The fourth-order valence-corrected chi connectivity index (χ4v) is 3.64. The van der Waals surface area contributed by atoms with E-state index < -0.39 is 0 Å². The molecule has 1 fully saturated rings. The molecule has 4 nitrogen and oxygen atoms in total. The lowest BCUT2D eigenvalue weighted by Gasteiger charge is -2.34. The lowest BCUT2D eigenvalue weighted by Crippen LogP contribution is -2.43. The van der Waals surface area contributed by atoms with Gasteiger partial charge in [-0.2, -0.15) is 5.10 Å². The van der Waals surface area contributed by atoms with Crippen LogP contribution in [0.2, 0.25) is 5.02 Å². The zero-order valence-corrected chi connectivity index (χ0v) is 14.8. The first kappa shape index (κ1) is 17.0. The monoisotopic (exact) mass is 345 g/mol. The Bertz CT molecular complexity index is 670. The average Bonchev–Trinajstić information content (AvgIpc) is 3.00. The van der Waals surface area contributed by atoms with Gasteiger partial charge in [-0.3, -0.25) is 9.48 Å². The SMILES string of the molecule is C[C@H](Cn1cc(Cl)cn1)C(=O)N1CCC[C@@H](Cc2ccccc2)C1. The third kappa shape index (κ3) is 4.38. The molecule has 0 saturated carbocycles. The van der Waals surface area contributed by atoms with E-state index in [4.69, 9.17) is 11.6 Å². The van der Waals surface area contributed by atoms with Gasteiger partial charge in [0, 0.05) is 19.3 Å². The molecule has 1 amide bonds. The summed E-state index contributed by atoms with van der Waals surface area (Å²) >= 11 is 5.89. The first-order valence-electron chi connectivity index (χ1n) is 8.62. The summed E-state index contributed by atoms with van der Waals surface area (Å²) in [6, 6.07) is 10.6. The highest BCUT2D eigenvalue weighted by atomic mass is 35.5. The van der Waals surface area contributed by atoms with E-state index in [0.717, 1.165) is 25.9 Å². The molecule has 0 radical (unpaired) electrons. The summed E-state index contributed by atoms with van der Waals surface area (Å²) in [5.41, 5.74) is 1.36. The predicted molar refractivity (Wildman–Crippen MR) is 95.9 cm³/mol. The fraction of sp³-hybridized carbons (Fsp3) is 0.474. The van der Waals surface area contributed by atoms with Crippen molar-refractivity contribution in [3.63, 3.8) is 0 Å².